The topological polar surface area (TPSA) is 21.1 Å². The van der Waals surface area contributed by atoms with Crippen molar-refractivity contribution in [3.05, 3.63) is 18.2 Å². The predicted molar refractivity (Wildman–Crippen MR) is 69.9 cm³/mol. The third kappa shape index (κ3) is 2.86. The van der Waals surface area contributed by atoms with Gasteiger partial charge in [-0.3, -0.25) is 4.90 Å². The first-order chi connectivity index (χ1) is 7.81. The van der Waals surface area contributed by atoms with Crippen molar-refractivity contribution in [1.82, 2.24) is 14.5 Å². The second-order valence-corrected chi connectivity index (χ2v) is 5.31. The molecule has 0 radical (unpaired) electrons. The molecular weight excluding hydrogens is 266 g/mol. The maximum absolute atomic E-state index is 4.38. The van der Waals surface area contributed by atoms with Crippen LogP contribution in [0.15, 0.2) is 12.4 Å². The summed E-state index contributed by atoms with van der Waals surface area (Å²) in [7, 11) is 2.07. The fourth-order valence-corrected chi connectivity index (χ4v) is 2.67. The van der Waals surface area contributed by atoms with Crippen molar-refractivity contribution in [1.29, 1.82) is 0 Å². The van der Waals surface area contributed by atoms with Gasteiger partial charge in [0, 0.05) is 50.3 Å². The Kier molecular flexibility index (Phi) is 4.41. The van der Waals surface area contributed by atoms with Gasteiger partial charge in [-0.1, -0.05) is 22.4 Å². The lowest BCUT2D eigenvalue weighted by molar-refractivity contribution is 0.136. The van der Waals surface area contributed by atoms with Crippen LogP contribution in [0.25, 0.3) is 0 Å². The van der Waals surface area contributed by atoms with Crippen molar-refractivity contribution in [2.45, 2.75) is 31.7 Å². The van der Waals surface area contributed by atoms with Crippen LogP contribution in [0, 0.1) is 0 Å². The molecule has 0 spiro atoms. The van der Waals surface area contributed by atoms with E-state index in [4.69, 9.17) is 0 Å². The number of halogens is 1. The number of alkyl halides is 1. The highest BCUT2D eigenvalue weighted by atomic mass is 79.9. The number of hydrogen-bond donors (Lipinski definition) is 0. The third-order valence-corrected chi connectivity index (χ3v) is 3.86. The Bertz CT molecular complexity index is 320. The maximum Gasteiger partial charge on any atom is 0.109 e. The highest BCUT2D eigenvalue weighted by molar-refractivity contribution is 9.09. The maximum atomic E-state index is 4.38. The molecule has 3 nitrogen and oxygen atoms in total. The Balaban J connectivity index is 1.83. The van der Waals surface area contributed by atoms with Gasteiger partial charge in [0.15, 0.2) is 0 Å². The molecule has 0 saturated heterocycles. The molecule has 0 aromatic carbocycles. The first-order valence-electron chi connectivity index (χ1n) is 6.07. The lowest BCUT2D eigenvalue weighted by Crippen LogP contribution is -2.42. The molecule has 1 heterocycles. The number of imidazole rings is 1. The predicted octanol–water partition coefficient (Wildman–Crippen LogP) is 2.21. The summed E-state index contributed by atoms with van der Waals surface area (Å²) in [5.41, 5.74) is 0. The van der Waals surface area contributed by atoms with Crippen LogP contribution in [0.4, 0.5) is 0 Å². The summed E-state index contributed by atoms with van der Waals surface area (Å²) in [5, 5.41) is 1.07. The molecule has 16 heavy (non-hydrogen) atoms. The van der Waals surface area contributed by atoms with E-state index in [1.54, 1.807) is 0 Å². The number of hydrogen-bond acceptors (Lipinski definition) is 2. The lowest BCUT2D eigenvalue weighted by Gasteiger charge is -2.37. The van der Waals surface area contributed by atoms with Crippen LogP contribution in [0.5, 0.6) is 0 Å². The average molecular weight is 286 g/mol. The van der Waals surface area contributed by atoms with Crippen LogP contribution in [0.1, 0.15) is 25.1 Å². The SMILES string of the molecule is Cn1ccnc1CCN(CCBr)C1CCC1. The molecule has 1 aliphatic rings. The van der Waals surface area contributed by atoms with Crippen LogP contribution >= 0.6 is 15.9 Å². The Labute approximate surface area is 106 Å². The average Bonchev–Trinajstić information content (AvgIpc) is 2.58. The summed E-state index contributed by atoms with van der Waals surface area (Å²) in [6, 6.07) is 0.831. The minimum absolute atomic E-state index is 0.831. The fraction of sp³-hybridized carbons (Fsp3) is 0.750. The van der Waals surface area contributed by atoms with Crippen molar-refractivity contribution < 1.29 is 0 Å². The second kappa shape index (κ2) is 5.82. The zero-order valence-corrected chi connectivity index (χ0v) is 11.5. The number of rotatable bonds is 6. The molecule has 0 N–H and O–H groups in total. The minimum Gasteiger partial charge on any atom is -0.338 e. The van der Waals surface area contributed by atoms with Crippen molar-refractivity contribution in [3.63, 3.8) is 0 Å². The molecule has 0 atom stereocenters. The van der Waals surface area contributed by atoms with Crippen molar-refractivity contribution in [2.75, 3.05) is 18.4 Å². The van der Waals surface area contributed by atoms with Crippen molar-refractivity contribution in [2.24, 2.45) is 7.05 Å². The van der Waals surface area contributed by atoms with Crippen LogP contribution in [0.3, 0.4) is 0 Å². The van der Waals surface area contributed by atoms with Gasteiger partial charge in [0.1, 0.15) is 5.82 Å². The van der Waals surface area contributed by atoms with Gasteiger partial charge in [-0.05, 0) is 12.8 Å². The minimum atomic E-state index is 0.831. The standard InChI is InChI=1S/C12H20BrN3/c1-15-10-7-14-12(15)5-8-16(9-6-13)11-3-2-4-11/h7,10-11H,2-6,8-9H2,1H3. The molecule has 0 amide bonds. The largest absolute Gasteiger partial charge is 0.338 e. The van der Waals surface area contributed by atoms with E-state index >= 15 is 0 Å². The van der Waals surface area contributed by atoms with Gasteiger partial charge in [0.05, 0.1) is 0 Å². The van der Waals surface area contributed by atoms with Gasteiger partial charge in [-0.15, -0.1) is 0 Å². The highest BCUT2D eigenvalue weighted by Gasteiger charge is 2.24. The number of aromatic nitrogens is 2. The van der Waals surface area contributed by atoms with Gasteiger partial charge in [-0.25, -0.2) is 4.98 Å². The third-order valence-electron chi connectivity index (χ3n) is 3.51. The summed E-state index contributed by atoms with van der Waals surface area (Å²) in [5.74, 6) is 1.19. The fourth-order valence-electron chi connectivity index (χ4n) is 2.22. The van der Waals surface area contributed by atoms with E-state index in [1.165, 1.54) is 25.1 Å². The van der Waals surface area contributed by atoms with E-state index in [0.717, 1.165) is 30.9 Å². The molecule has 1 aromatic rings. The summed E-state index contributed by atoms with van der Waals surface area (Å²) < 4.78 is 2.12. The van der Waals surface area contributed by atoms with E-state index in [-0.39, 0.29) is 0 Å². The molecule has 1 aromatic heterocycles. The van der Waals surface area contributed by atoms with E-state index in [0.29, 0.717) is 0 Å². The van der Waals surface area contributed by atoms with Gasteiger partial charge < -0.3 is 4.57 Å². The van der Waals surface area contributed by atoms with Crippen molar-refractivity contribution >= 4 is 15.9 Å². The Morgan fingerprint density at radius 2 is 2.31 bits per heavy atom. The highest BCUT2D eigenvalue weighted by Crippen LogP contribution is 2.24. The molecule has 0 unspecified atom stereocenters. The van der Waals surface area contributed by atoms with E-state index in [1.807, 2.05) is 12.4 Å². The first kappa shape index (κ1) is 12.1. The number of nitrogens with zero attached hydrogens (tertiary/aromatic N) is 3. The second-order valence-electron chi connectivity index (χ2n) is 4.51. The zero-order chi connectivity index (χ0) is 11.4. The molecule has 2 rings (SSSR count). The number of aryl methyl sites for hydroxylation is 1. The smallest absolute Gasteiger partial charge is 0.109 e. The monoisotopic (exact) mass is 285 g/mol. The molecule has 1 fully saturated rings. The molecule has 1 saturated carbocycles. The first-order valence-corrected chi connectivity index (χ1v) is 7.19. The van der Waals surface area contributed by atoms with Crippen LogP contribution in [0.2, 0.25) is 0 Å². The van der Waals surface area contributed by atoms with Gasteiger partial charge >= 0.3 is 0 Å². The summed E-state index contributed by atoms with van der Waals surface area (Å²) in [4.78, 5) is 6.98. The molecule has 0 bridgehead atoms. The normalized spacial score (nSPS) is 16.7. The molecule has 0 aliphatic heterocycles. The molecule has 1 aliphatic carbocycles. The molecule has 90 valence electrons. The van der Waals surface area contributed by atoms with Gasteiger partial charge in [0.25, 0.3) is 0 Å². The quantitative estimate of drug-likeness (QED) is 0.748. The van der Waals surface area contributed by atoms with Crippen LogP contribution in [-0.2, 0) is 13.5 Å². The molecule has 4 heteroatoms. The van der Waals surface area contributed by atoms with E-state index in [2.05, 4.69) is 37.4 Å². The lowest BCUT2D eigenvalue weighted by atomic mass is 9.91. The van der Waals surface area contributed by atoms with Crippen molar-refractivity contribution in [3.8, 4) is 0 Å². The van der Waals surface area contributed by atoms with Gasteiger partial charge in [-0.2, -0.15) is 0 Å². The van der Waals surface area contributed by atoms with Crippen LogP contribution in [-0.4, -0.2) is 38.9 Å². The Hall–Kier alpha value is -0.350. The summed E-state index contributed by atoms with van der Waals surface area (Å²) in [6.07, 6.45) is 9.14. The van der Waals surface area contributed by atoms with E-state index < -0.39 is 0 Å². The zero-order valence-electron chi connectivity index (χ0n) is 9.90. The summed E-state index contributed by atoms with van der Waals surface area (Å²) >= 11 is 3.54. The van der Waals surface area contributed by atoms with Gasteiger partial charge in [0.2, 0.25) is 0 Å². The Morgan fingerprint density at radius 3 is 2.81 bits per heavy atom. The van der Waals surface area contributed by atoms with E-state index in [9.17, 15) is 0 Å². The van der Waals surface area contributed by atoms with Crippen LogP contribution < -0.4 is 0 Å². The molecular formula is C12H20BrN3. The summed E-state index contributed by atoms with van der Waals surface area (Å²) in [6.45, 7) is 2.30. The Morgan fingerprint density at radius 1 is 1.50 bits per heavy atom.